The molecule has 0 unspecified atom stereocenters. The third kappa shape index (κ3) is 5.83. The van der Waals surface area contributed by atoms with E-state index in [0.717, 1.165) is 6.42 Å². The van der Waals surface area contributed by atoms with Gasteiger partial charge in [0, 0.05) is 12.1 Å². The lowest BCUT2D eigenvalue weighted by Crippen LogP contribution is -2.47. The molecule has 19 heavy (non-hydrogen) atoms. The fourth-order valence-corrected chi connectivity index (χ4v) is 2.44. The second-order valence-electron chi connectivity index (χ2n) is 6.78. The maximum Gasteiger partial charge on any atom is 0.242 e. The number of nitrogens with zero attached hydrogens (tertiary/aromatic N) is 3. The lowest BCUT2D eigenvalue weighted by atomic mass is 9.82. The fraction of sp³-hybridized carbons (Fsp3) is 0.769. The van der Waals surface area contributed by atoms with Crippen molar-refractivity contribution in [1.82, 2.24) is 20.3 Å². The summed E-state index contributed by atoms with van der Waals surface area (Å²) in [5.41, 5.74) is 6.05. The topological polar surface area (TPSA) is 85.8 Å². The van der Waals surface area contributed by atoms with Gasteiger partial charge in [0.05, 0.1) is 11.9 Å². The van der Waals surface area contributed by atoms with Crippen LogP contribution in [-0.4, -0.2) is 26.4 Å². The number of carbonyl (C=O) groups excluding carboxylic acids is 1. The lowest BCUT2D eigenvalue weighted by Gasteiger charge is -2.33. The van der Waals surface area contributed by atoms with Gasteiger partial charge in [-0.2, -0.15) is 0 Å². The van der Waals surface area contributed by atoms with E-state index >= 15 is 0 Å². The van der Waals surface area contributed by atoms with E-state index in [-0.39, 0.29) is 23.4 Å². The molecule has 1 aromatic heterocycles. The first kappa shape index (κ1) is 15.6. The zero-order chi connectivity index (χ0) is 14.7. The zero-order valence-electron chi connectivity index (χ0n) is 12.5. The van der Waals surface area contributed by atoms with Crippen LogP contribution in [-0.2, 0) is 17.9 Å². The van der Waals surface area contributed by atoms with Gasteiger partial charge in [0.15, 0.2) is 0 Å². The van der Waals surface area contributed by atoms with E-state index in [1.165, 1.54) is 4.68 Å². The number of amides is 1. The minimum absolute atomic E-state index is 0.0669. The molecule has 6 heteroatoms. The Morgan fingerprint density at radius 3 is 2.47 bits per heavy atom. The van der Waals surface area contributed by atoms with Crippen LogP contribution in [0.15, 0.2) is 6.20 Å². The fourth-order valence-electron chi connectivity index (χ4n) is 2.44. The predicted octanol–water partition coefficient (Wildman–Crippen LogP) is 1.07. The first-order chi connectivity index (χ1) is 8.61. The molecule has 0 fully saturated rings. The Labute approximate surface area is 114 Å². The van der Waals surface area contributed by atoms with Gasteiger partial charge in [-0.25, -0.2) is 4.68 Å². The van der Waals surface area contributed by atoms with Gasteiger partial charge in [-0.05, 0) is 25.7 Å². The van der Waals surface area contributed by atoms with Crippen LogP contribution in [0.5, 0.6) is 0 Å². The Kier molecular flexibility index (Phi) is 4.68. The first-order valence-corrected chi connectivity index (χ1v) is 6.51. The maximum atomic E-state index is 12.0. The highest BCUT2D eigenvalue weighted by Crippen LogP contribution is 2.26. The summed E-state index contributed by atoms with van der Waals surface area (Å²) < 4.78 is 1.50. The van der Waals surface area contributed by atoms with Gasteiger partial charge in [0.2, 0.25) is 5.91 Å². The van der Waals surface area contributed by atoms with E-state index in [1.54, 1.807) is 6.20 Å². The zero-order valence-corrected chi connectivity index (χ0v) is 12.5. The number of carbonyl (C=O) groups is 1. The van der Waals surface area contributed by atoms with Gasteiger partial charge in [-0.3, -0.25) is 4.79 Å². The third-order valence-electron chi connectivity index (χ3n) is 2.55. The SMILES string of the molecule is CC(C)(C)CC(C)(C)NC(=O)Cn1cc(CN)nn1. The van der Waals surface area contributed by atoms with E-state index in [2.05, 4.69) is 36.4 Å². The van der Waals surface area contributed by atoms with Crippen LogP contribution in [0.4, 0.5) is 0 Å². The van der Waals surface area contributed by atoms with Gasteiger partial charge in [0.1, 0.15) is 6.54 Å². The largest absolute Gasteiger partial charge is 0.350 e. The Hall–Kier alpha value is -1.43. The standard InChI is InChI=1S/C13H25N5O/c1-12(2,3)9-13(4,5)15-11(19)8-18-7-10(6-14)16-17-18/h7H,6,8-9,14H2,1-5H3,(H,15,19). The lowest BCUT2D eigenvalue weighted by molar-refractivity contribution is -0.123. The molecular weight excluding hydrogens is 242 g/mol. The Morgan fingerprint density at radius 1 is 1.37 bits per heavy atom. The Morgan fingerprint density at radius 2 is 2.00 bits per heavy atom. The summed E-state index contributed by atoms with van der Waals surface area (Å²) in [5.74, 6) is -0.0669. The minimum Gasteiger partial charge on any atom is -0.350 e. The number of nitrogens with one attached hydrogen (secondary N) is 1. The van der Waals surface area contributed by atoms with Crippen molar-refractivity contribution in [2.24, 2.45) is 11.1 Å². The highest BCUT2D eigenvalue weighted by molar-refractivity contribution is 5.76. The highest BCUT2D eigenvalue weighted by atomic mass is 16.2. The molecule has 0 radical (unpaired) electrons. The van der Waals surface area contributed by atoms with Crippen molar-refractivity contribution in [2.45, 2.75) is 59.7 Å². The van der Waals surface area contributed by atoms with Gasteiger partial charge < -0.3 is 11.1 Å². The summed E-state index contributed by atoms with van der Waals surface area (Å²) in [6, 6.07) is 0. The highest BCUT2D eigenvalue weighted by Gasteiger charge is 2.27. The number of aromatic nitrogens is 3. The van der Waals surface area contributed by atoms with Crippen molar-refractivity contribution in [3.05, 3.63) is 11.9 Å². The van der Waals surface area contributed by atoms with E-state index < -0.39 is 0 Å². The maximum absolute atomic E-state index is 12.0. The Balaban J connectivity index is 2.55. The molecule has 108 valence electrons. The molecule has 0 bridgehead atoms. The predicted molar refractivity (Wildman–Crippen MR) is 74.2 cm³/mol. The molecule has 0 spiro atoms. The molecule has 1 aromatic rings. The molecule has 3 N–H and O–H groups in total. The second-order valence-corrected chi connectivity index (χ2v) is 6.78. The van der Waals surface area contributed by atoms with Crippen molar-refractivity contribution in [3.8, 4) is 0 Å². The minimum atomic E-state index is -0.243. The van der Waals surface area contributed by atoms with Crippen molar-refractivity contribution >= 4 is 5.91 Å². The van der Waals surface area contributed by atoms with Gasteiger partial charge in [0.25, 0.3) is 0 Å². The van der Waals surface area contributed by atoms with Crippen LogP contribution in [0.3, 0.4) is 0 Å². The molecule has 1 amide bonds. The normalized spacial score (nSPS) is 12.5. The summed E-state index contributed by atoms with van der Waals surface area (Å²) in [4.78, 5) is 12.0. The van der Waals surface area contributed by atoms with Gasteiger partial charge >= 0.3 is 0 Å². The molecule has 0 aromatic carbocycles. The van der Waals surface area contributed by atoms with Crippen LogP contribution in [0.25, 0.3) is 0 Å². The molecule has 0 aliphatic carbocycles. The molecule has 1 rings (SSSR count). The van der Waals surface area contributed by atoms with Crippen molar-refractivity contribution in [3.63, 3.8) is 0 Å². The van der Waals surface area contributed by atoms with Crippen molar-refractivity contribution < 1.29 is 4.79 Å². The van der Waals surface area contributed by atoms with Crippen molar-refractivity contribution in [2.75, 3.05) is 0 Å². The average molecular weight is 267 g/mol. The number of nitrogens with two attached hydrogens (primary N) is 1. The third-order valence-corrected chi connectivity index (χ3v) is 2.55. The molecule has 0 saturated heterocycles. The molecule has 0 atom stereocenters. The second kappa shape index (κ2) is 5.69. The summed E-state index contributed by atoms with van der Waals surface area (Å²) >= 11 is 0. The molecule has 0 aliphatic heterocycles. The quantitative estimate of drug-likeness (QED) is 0.835. The molecule has 0 saturated carbocycles. The monoisotopic (exact) mass is 267 g/mol. The smallest absolute Gasteiger partial charge is 0.242 e. The van der Waals surface area contributed by atoms with E-state index in [9.17, 15) is 4.79 Å². The average Bonchev–Trinajstić information content (AvgIpc) is 2.59. The van der Waals surface area contributed by atoms with Crippen LogP contribution in [0.1, 0.15) is 46.7 Å². The molecular formula is C13H25N5O. The Bertz CT molecular complexity index is 430. The van der Waals surface area contributed by atoms with Crippen LogP contribution < -0.4 is 11.1 Å². The van der Waals surface area contributed by atoms with E-state index in [0.29, 0.717) is 12.2 Å². The number of hydrogen-bond acceptors (Lipinski definition) is 4. The molecule has 0 aliphatic rings. The van der Waals surface area contributed by atoms with E-state index in [1.807, 2.05) is 13.8 Å². The van der Waals surface area contributed by atoms with E-state index in [4.69, 9.17) is 5.73 Å². The number of rotatable bonds is 5. The summed E-state index contributed by atoms with van der Waals surface area (Å²) in [6.45, 7) is 11.0. The van der Waals surface area contributed by atoms with Crippen molar-refractivity contribution in [1.29, 1.82) is 0 Å². The summed E-state index contributed by atoms with van der Waals surface area (Å²) in [5, 5.41) is 10.7. The van der Waals surface area contributed by atoms with Gasteiger partial charge in [-0.1, -0.05) is 26.0 Å². The van der Waals surface area contributed by atoms with Crippen LogP contribution >= 0.6 is 0 Å². The summed E-state index contributed by atoms with van der Waals surface area (Å²) in [6.07, 6.45) is 2.59. The van der Waals surface area contributed by atoms with Crippen LogP contribution in [0.2, 0.25) is 0 Å². The molecule has 6 nitrogen and oxygen atoms in total. The number of hydrogen-bond donors (Lipinski definition) is 2. The molecule has 1 heterocycles. The summed E-state index contributed by atoms with van der Waals surface area (Å²) in [7, 11) is 0. The first-order valence-electron chi connectivity index (χ1n) is 6.51. The van der Waals surface area contributed by atoms with Gasteiger partial charge in [-0.15, -0.1) is 5.10 Å². The van der Waals surface area contributed by atoms with Crippen LogP contribution in [0, 0.1) is 5.41 Å².